The van der Waals surface area contributed by atoms with Gasteiger partial charge in [0.25, 0.3) is 5.91 Å². The Morgan fingerprint density at radius 3 is 2.58 bits per heavy atom. The van der Waals surface area contributed by atoms with Gasteiger partial charge in [-0.1, -0.05) is 59.6 Å². The summed E-state index contributed by atoms with van der Waals surface area (Å²) in [5.74, 6) is 1.49. The quantitative estimate of drug-likeness (QED) is 0.341. The summed E-state index contributed by atoms with van der Waals surface area (Å²) in [5.41, 5.74) is 4.31. The van der Waals surface area contributed by atoms with Gasteiger partial charge in [-0.15, -0.1) is 10.2 Å². The highest BCUT2D eigenvalue weighted by Gasteiger charge is 2.31. The van der Waals surface area contributed by atoms with Crippen molar-refractivity contribution in [2.45, 2.75) is 19.9 Å². The van der Waals surface area contributed by atoms with Crippen molar-refractivity contribution in [1.82, 2.24) is 24.5 Å². The predicted molar refractivity (Wildman–Crippen MR) is 143 cm³/mol. The summed E-state index contributed by atoms with van der Waals surface area (Å²) < 4.78 is 2.05. The van der Waals surface area contributed by atoms with Crippen LogP contribution in [0, 0.1) is 6.92 Å². The second-order valence-electron chi connectivity index (χ2n) is 9.25. The van der Waals surface area contributed by atoms with Crippen molar-refractivity contribution in [2.24, 2.45) is 0 Å². The van der Waals surface area contributed by atoms with Crippen molar-refractivity contribution in [2.75, 3.05) is 24.5 Å². The lowest BCUT2D eigenvalue weighted by atomic mass is 10.1. The molecule has 1 aliphatic heterocycles. The number of benzene rings is 3. The van der Waals surface area contributed by atoms with Crippen LogP contribution in [0.2, 0.25) is 5.02 Å². The third-order valence-electron chi connectivity index (χ3n) is 6.78. The van der Waals surface area contributed by atoms with Gasteiger partial charge >= 0.3 is 0 Å². The summed E-state index contributed by atoms with van der Waals surface area (Å²) in [7, 11) is 0. The van der Waals surface area contributed by atoms with Gasteiger partial charge in [-0.25, -0.2) is 9.38 Å². The lowest BCUT2D eigenvalue weighted by Gasteiger charge is -2.40. The largest absolute Gasteiger partial charge is 0.338 e. The van der Waals surface area contributed by atoms with Crippen molar-refractivity contribution in [1.29, 1.82) is 0 Å². The Morgan fingerprint density at radius 1 is 0.972 bits per heavy atom. The molecule has 3 aromatic carbocycles. The fourth-order valence-electron chi connectivity index (χ4n) is 4.98. The first-order chi connectivity index (χ1) is 17.5. The smallest absolute Gasteiger partial charge is 0.255 e. The van der Waals surface area contributed by atoms with E-state index >= 15 is 0 Å². The zero-order valence-corrected chi connectivity index (χ0v) is 20.9. The highest BCUT2D eigenvalue weighted by molar-refractivity contribution is 6.33. The van der Waals surface area contributed by atoms with Crippen LogP contribution in [0.3, 0.4) is 0 Å². The first kappa shape index (κ1) is 22.5. The standard InChI is InChI=1S/C28H25ClN6O/c1-18-8-7-9-20(16-18)25-31-32-26-22-11-4-6-13-24(22)30-28(35(25)26)33-14-15-34(19(2)17-33)27(36)21-10-3-5-12-23(21)29/h3-13,16,19H,14-15,17H2,1-2H3. The maximum atomic E-state index is 13.3. The van der Waals surface area contributed by atoms with Crippen LogP contribution in [-0.2, 0) is 0 Å². The fraction of sp³-hybridized carbons (Fsp3) is 0.214. The Kier molecular flexibility index (Phi) is 5.57. The van der Waals surface area contributed by atoms with Crippen LogP contribution in [0.15, 0.2) is 72.8 Å². The van der Waals surface area contributed by atoms with E-state index in [4.69, 9.17) is 16.6 Å². The molecule has 8 heteroatoms. The Hall–Kier alpha value is -3.97. The van der Waals surface area contributed by atoms with E-state index in [1.54, 1.807) is 12.1 Å². The molecular weight excluding hydrogens is 472 g/mol. The number of rotatable bonds is 3. The number of halogens is 1. The average molecular weight is 497 g/mol. The summed E-state index contributed by atoms with van der Waals surface area (Å²) in [4.78, 5) is 22.5. The molecule has 0 saturated carbocycles. The summed E-state index contributed by atoms with van der Waals surface area (Å²) >= 11 is 6.32. The zero-order valence-electron chi connectivity index (χ0n) is 20.1. The minimum absolute atomic E-state index is 0.0373. The van der Waals surface area contributed by atoms with Gasteiger partial charge in [-0.2, -0.15) is 0 Å². The number of nitrogens with zero attached hydrogens (tertiary/aromatic N) is 6. The minimum Gasteiger partial charge on any atom is -0.338 e. The number of piperazine rings is 1. The van der Waals surface area contributed by atoms with Crippen molar-refractivity contribution < 1.29 is 4.79 Å². The Morgan fingerprint density at radius 2 is 1.78 bits per heavy atom. The molecule has 7 nitrogen and oxygen atoms in total. The van der Waals surface area contributed by atoms with E-state index in [1.165, 1.54) is 0 Å². The van der Waals surface area contributed by atoms with Gasteiger partial charge in [-0.3, -0.25) is 4.79 Å². The van der Waals surface area contributed by atoms with Crippen molar-refractivity contribution in [3.63, 3.8) is 0 Å². The predicted octanol–water partition coefficient (Wildman–Crippen LogP) is 5.26. The van der Waals surface area contributed by atoms with Gasteiger partial charge in [0.15, 0.2) is 11.5 Å². The van der Waals surface area contributed by atoms with Gasteiger partial charge < -0.3 is 9.80 Å². The van der Waals surface area contributed by atoms with E-state index in [2.05, 4.69) is 45.5 Å². The molecule has 1 amide bonds. The second kappa shape index (κ2) is 8.91. The number of aryl methyl sites for hydroxylation is 1. The molecule has 1 atom stereocenters. The number of fused-ring (bicyclic) bond motifs is 3. The van der Waals surface area contributed by atoms with Gasteiger partial charge in [0.05, 0.1) is 16.1 Å². The zero-order chi connectivity index (χ0) is 24.8. The molecule has 0 N–H and O–H groups in total. The molecule has 1 fully saturated rings. The lowest BCUT2D eigenvalue weighted by Crippen LogP contribution is -2.54. The second-order valence-corrected chi connectivity index (χ2v) is 9.66. The number of aromatic nitrogens is 4. The number of amides is 1. The first-order valence-corrected chi connectivity index (χ1v) is 12.4. The Bertz CT molecular complexity index is 1610. The first-order valence-electron chi connectivity index (χ1n) is 12.0. The van der Waals surface area contributed by atoms with Crippen molar-refractivity contribution >= 4 is 40.0 Å². The van der Waals surface area contributed by atoms with E-state index in [-0.39, 0.29) is 11.9 Å². The summed E-state index contributed by atoms with van der Waals surface area (Å²) in [6.45, 7) is 5.95. The van der Waals surface area contributed by atoms with Gasteiger partial charge in [0.2, 0.25) is 5.95 Å². The normalized spacial score (nSPS) is 16.1. The number of carbonyl (C=O) groups is 1. The Balaban J connectivity index is 1.42. The molecule has 1 unspecified atom stereocenters. The molecule has 3 heterocycles. The van der Waals surface area contributed by atoms with Crippen LogP contribution in [0.25, 0.3) is 27.9 Å². The average Bonchev–Trinajstić information content (AvgIpc) is 3.34. The minimum atomic E-state index is -0.0471. The highest BCUT2D eigenvalue weighted by Crippen LogP contribution is 2.30. The topological polar surface area (TPSA) is 66.6 Å². The lowest BCUT2D eigenvalue weighted by molar-refractivity contribution is 0.0673. The molecule has 0 radical (unpaired) electrons. The number of anilines is 1. The number of carbonyl (C=O) groups excluding carboxylic acids is 1. The van der Waals surface area contributed by atoms with E-state index < -0.39 is 0 Å². The molecule has 180 valence electrons. The summed E-state index contributed by atoms with van der Waals surface area (Å²) in [6, 6.07) is 23.4. The SMILES string of the molecule is Cc1cccc(-c2nnc3c4ccccc4nc(N4CCN(C(=O)c5ccccc5Cl)C(C)C4)n23)c1. The van der Waals surface area contributed by atoms with Crippen LogP contribution >= 0.6 is 11.6 Å². The van der Waals surface area contributed by atoms with Gasteiger partial charge in [-0.05, 0) is 44.2 Å². The molecule has 6 rings (SSSR count). The van der Waals surface area contributed by atoms with E-state index in [9.17, 15) is 4.79 Å². The van der Waals surface area contributed by atoms with Crippen molar-refractivity contribution in [3.8, 4) is 11.4 Å². The van der Waals surface area contributed by atoms with E-state index in [0.29, 0.717) is 30.2 Å². The number of hydrogen-bond acceptors (Lipinski definition) is 5. The van der Waals surface area contributed by atoms with E-state index in [0.717, 1.165) is 39.4 Å². The van der Waals surface area contributed by atoms with Crippen LogP contribution in [0.1, 0.15) is 22.8 Å². The third kappa shape index (κ3) is 3.76. The summed E-state index contributed by atoms with van der Waals surface area (Å²) in [5, 5.41) is 10.6. The molecule has 1 aliphatic rings. The monoisotopic (exact) mass is 496 g/mol. The Labute approximate surface area is 214 Å². The molecule has 0 bridgehead atoms. The van der Waals surface area contributed by atoms with Gasteiger partial charge in [0.1, 0.15) is 0 Å². The number of para-hydroxylation sites is 1. The highest BCUT2D eigenvalue weighted by atomic mass is 35.5. The third-order valence-corrected chi connectivity index (χ3v) is 7.11. The van der Waals surface area contributed by atoms with Crippen LogP contribution in [0.5, 0.6) is 0 Å². The molecular formula is C28H25ClN6O. The molecule has 0 spiro atoms. The van der Waals surface area contributed by atoms with Crippen LogP contribution in [-0.4, -0.2) is 56.1 Å². The molecule has 5 aromatic rings. The summed E-state index contributed by atoms with van der Waals surface area (Å²) in [6.07, 6.45) is 0. The molecule has 0 aliphatic carbocycles. The number of hydrogen-bond donors (Lipinski definition) is 0. The molecule has 1 saturated heterocycles. The van der Waals surface area contributed by atoms with Crippen molar-refractivity contribution in [3.05, 3.63) is 88.9 Å². The molecule has 36 heavy (non-hydrogen) atoms. The maximum absolute atomic E-state index is 13.3. The van der Waals surface area contributed by atoms with Gasteiger partial charge in [0, 0.05) is 36.6 Å². The van der Waals surface area contributed by atoms with E-state index in [1.807, 2.05) is 53.4 Å². The fourth-order valence-corrected chi connectivity index (χ4v) is 5.20. The van der Waals surface area contributed by atoms with Crippen LogP contribution in [0.4, 0.5) is 5.95 Å². The molecule has 2 aromatic heterocycles. The maximum Gasteiger partial charge on any atom is 0.255 e. The van der Waals surface area contributed by atoms with Crippen LogP contribution < -0.4 is 4.90 Å².